The van der Waals surface area contributed by atoms with Gasteiger partial charge in [-0.15, -0.1) is 0 Å². The maximum Gasteiger partial charge on any atom is 0.354 e. The Kier molecular flexibility index (Phi) is 9.62. The van der Waals surface area contributed by atoms with Gasteiger partial charge in [0.1, 0.15) is 18.3 Å². The van der Waals surface area contributed by atoms with Crippen molar-refractivity contribution in [1.82, 2.24) is 19.9 Å². The van der Waals surface area contributed by atoms with Crippen LogP contribution in [0.2, 0.25) is 0 Å². The minimum atomic E-state index is -1.03. The van der Waals surface area contributed by atoms with Gasteiger partial charge in [-0.25, -0.2) is 24.7 Å². The lowest BCUT2D eigenvalue weighted by atomic mass is 10.2. The SMILES string of the molecule is Cc1ccc(N)cc1.Cc1ccc(NC(=O)c2ccncn2)cc1.O=C(O)c1ccncn1. The summed E-state index contributed by atoms with van der Waals surface area (Å²) in [6.07, 6.45) is 5.47. The second-order valence-corrected chi connectivity index (χ2v) is 6.73. The maximum atomic E-state index is 11.7. The van der Waals surface area contributed by atoms with Crippen LogP contribution in [0.3, 0.4) is 0 Å². The van der Waals surface area contributed by atoms with Crippen LogP contribution >= 0.6 is 0 Å². The molecular formula is C24H24N6O3. The van der Waals surface area contributed by atoms with Gasteiger partial charge in [0.2, 0.25) is 0 Å². The molecule has 0 bridgehead atoms. The van der Waals surface area contributed by atoms with Crippen LogP contribution in [-0.4, -0.2) is 36.9 Å². The molecule has 0 aliphatic carbocycles. The summed E-state index contributed by atoms with van der Waals surface area (Å²) in [4.78, 5) is 36.5. The molecule has 0 atom stereocenters. The average molecular weight is 444 g/mol. The van der Waals surface area contributed by atoms with Gasteiger partial charge in [0.05, 0.1) is 0 Å². The third kappa shape index (κ3) is 9.35. The molecule has 2 heterocycles. The Morgan fingerprint density at radius 3 is 1.64 bits per heavy atom. The molecule has 0 saturated heterocycles. The van der Waals surface area contributed by atoms with Crippen LogP contribution in [0, 0.1) is 13.8 Å². The predicted octanol–water partition coefficient (Wildman–Crippen LogP) is 3.79. The number of rotatable bonds is 3. The van der Waals surface area contributed by atoms with Crippen LogP contribution in [0.4, 0.5) is 11.4 Å². The van der Waals surface area contributed by atoms with Crippen LogP contribution in [0.5, 0.6) is 0 Å². The zero-order valence-electron chi connectivity index (χ0n) is 18.2. The van der Waals surface area contributed by atoms with Crippen LogP contribution in [0.25, 0.3) is 0 Å². The number of anilines is 2. The van der Waals surface area contributed by atoms with E-state index in [-0.39, 0.29) is 11.6 Å². The predicted molar refractivity (Wildman–Crippen MR) is 126 cm³/mol. The molecule has 4 aromatic rings. The lowest BCUT2D eigenvalue weighted by Crippen LogP contribution is -2.13. The number of amides is 1. The molecule has 33 heavy (non-hydrogen) atoms. The van der Waals surface area contributed by atoms with E-state index in [4.69, 9.17) is 10.8 Å². The number of hydrogen-bond acceptors (Lipinski definition) is 7. The van der Waals surface area contributed by atoms with Crippen molar-refractivity contribution >= 4 is 23.3 Å². The lowest BCUT2D eigenvalue weighted by molar-refractivity contribution is 0.0690. The topological polar surface area (TPSA) is 144 Å². The number of nitrogens with zero attached hydrogens (tertiary/aromatic N) is 4. The second-order valence-electron chi connectivity index (χ2n) is 6.73. The van der Waals surface area contributed by atoms with Crippen molar-refractivity contribution in [2.45, 2.75) is 13.8 Å². The van der Waals surface area contributed by atoms with Gasteiger partial charge >= 0.3 is 5.97 Å². The fraction of sp³-hybridized carbons (Fsp3) is 0.0833. The summed E-state index contributed by atoms with van der Waals surface area (Å²) in [7, 11) is 0. The molecule has 4 rings (SSSR count). The van der Waals surface area contributed by atoms with Crippen molar-refractivity contribution in [2.75, 3.05) is 11.1 Å². The summed E-state index contributed by atoms with van der Waals surface area (Å²) in [5, 5.41) is 11.1. The number of aromatic nitrogens is 4. The molecular weight excluding hydrogens is 420 g/mol. The van der Waals surface area contributed by atoms with E-state index < -0.39 is 5.97 Å². The van der Waals surface area contributed by atoms with E-state index >= 15 is 0 Å². The molecule has 0 spiro atoms. The van der Waals surface area contributed by atoms with Crippen molar-refractivity contribution in [1.29, 1.82) is 0 Å². The van der Waals surface area contributed by atoms with Crippen molar-refractivity contribution < 1.29 is 14.7 Å². The van der Waals surface area contributed by atoms with Crippen LogP contribution in [-0.2, 0) is 0 Å². The molecule has 4 N–H and O–H groups in total. The fourth-order valence-corrected chi connectivity index (χ4v) is 2.24. The van der Waals surface area contributed by atoms with Gasteiger partial charge in [0, 0.05) is 23.8 Å². The number of nitrogens with one attached hydrogen (secondary N) is 1. The summed E-state index contributed by atoms with van der Waals surface area (Å²) in [5.41, 5.74) is 9.79. The quantitative estimate of drug-likeness (QED) is 0.405. The Bertz CT molecular complexity index is 1120. The molecule has 9 heteroatoms. The molecule has 0 aliphatic rings. The molecule has 0 unspecified atom stereocenters. The molecule has 0 saturated carbocycles. The molecule has 0 radical (unpaired) electrons. The van der Waals surface area contributed by atoms with Gasteiger partial charge in [-0.2, -0.15) is 0 Å². The highest BCUT2D eigenvalue weighted by molar-refractivity contribution is 6.02. The standard InChI is InChI=1S/C12H11N3O.C7H9N.C5H4N2O2/c1-9-2-4-10(5-3-9)15-12(16)11-6-7-13-8-14-11;1-6-2-4-7(8)5-3-6;8-5(9)4-1-2-6-3-7-4/h2-8H,1H3,(H,15,16);2-5H,8H2,1H3;1-3H,(H,8,9). The zero-order chi connectivity index (χ0) is 24.1. The monoisotopic (exact) mass is 444 g/mol. The average Bonchev–Trinajstić information content (AvgIpc) is 2.84. The molecule has 1 amide bonds. The van der Waals surface area contributed by atoms with Gasteiger partial charge in [-0.05, 0) is 50.2 Å². The second kappa shape index (κ2) is 12.9. The number of aromatic carboxylic acids is 1. The number of hydrogen-bond donors (Lipinski definition) is 3. The maximum absolute atomic E-state index is 11.7. The Morgan fingerprint density at radius 2 is 1.24 bits per heavy atom. The smallest absolute Gasteiger partial charge is 0.354 e. The Morgan fingerprint density at radius 1 is 0.758 bits per heavy atom. The van der Waals surface area contributed by atoms with E-state index in [1.54, 1.807) is 6.07 Å². The van der Waals surface area contributed by atoms with Crippen molar-refractivity contribution in [2.24, 2.45) is 0 Å². The normalized spacial score (nSPS) is 9.39. The number of carboxylic acids is 1. The minimum absolute atomic E-state index is 0.0185. The van der Waals surface area contributed by atoms with Gasteiger partial charge in [0.25, 0.3) is 5.91 Å². The zero-order valence-corrected chi connectivity index (χ0v) is 18.2. The molecule has 2 aromatic heterocycles. The molecule has 9 nitrogen and oxygen atoms in total. The van der Waals surface area contributed by atoms with Gasteiger partial charge in [0.15, 0.2) is 5.69 Å². The van der Waals surface area contributed by atoms with E-state index in [0.29, 0.717) is 5.69 Å². The van der Waals surface area contributed by atoms with Crippen LogP contribution in [0.1, 0.15) is 32.1 Å². The third-order valence-electron chi connectivity index (χ3n) is 4.00. The fourth-order valence-electron chi connectivity index (χ4n) is 2.24. The van der Waals surface area contributed by atoms with E-state index in [9.17, 15) is 9.59 Å². The highest BCUT2D eigenvalue weighted by atomic mass is 16.4. The van der Waals surface area contributed by atoms with Crippen LogP contribution in [0.15, 0.2) is 85.7 Å². The van der Waals surface area contributed by atoms with E-state index in [2.05, 4.69) is 25.3 Å². The number of carbonyl (C=O) groups is 2. The highest BCUT2D eigenvalue weighted by Crippen LogP contribution is 2.09. The summed E-state index contributed by atoms with van der Waals surface area (Å²) in [6, 6.07) is 18.3. The van der Waals surface area contributed by atoms with Crippen molar-refractivity contribution in [3.63, 3.8) is 0 Å². The Balaban J connectivity index is 0.000000192. The number of carboxylic acid groups (broad SMARTS) is 1. The first-order valence-corrected chi connectivity index (χ1v) is 9.80. The van der Waals surface area contributed by atoms with Crippen molar-refractivity contribution in [3.8, 4) is 0 Å². The number of nitrogen functional groups attached to an aromatic ring is 1. The van der Waals surface area contributed by atoms with Gasteiger partial charge in [-0.1, -0.05) is 35.4 Å². The number of benzene rings is 2. The number of carbonyl (C=O) groups excluding carboxylic acids is 1. The van der Waals surface area contributed by atoms with Gasteiger partial charge < -0.3 is 16.2 Å². The molecule has 2 aromatic carbocycles. The minimum Gasteiger partial charge on any atom is -0.477 e. The first kappa shape index (κ1) is 24.6. The van der Waals surface area contributed by atoms with E-state index in [1.807, 2.05) is 62.4 Å². The number of nitrogens with two attached hydrogens (primary N) is 1. The van der Waals surface area contributed by atoms with Crippen LogP contribution < -0.4 is 11.1 Å². The third-order valence-corrected chi connectivity index (χ3v) is 4.00. The first-order chi connectivity index (χ1) is 15.8. The van der Waals surface area contributed by atoms with Gasteiger partial charge in [-0.3, -0.25) is 4.79 Å². The highest BCUT2D eigenvalue weighted by Gasteiger charge is 2.06. The summed E-state index contributed by atoms with van der Waals surface area (Å²) < 4.78 is 0. The first-order valence-electron chi connectivity index (χ1n) is 9.80. The van der Waals surface area contributed by atoms with E-state index in [1.165, 1.54) is 36.7 Å². The van der Waals surface area contributed by atoms with E-state index in [0.717, 1.165) is 16.9 Å². The summed E-state index contributed by atoms with van der Waals surface area (Å²) >= 11 is 0. The lowest BCUT2D eigenvalue weighted by Gasteiger charge is -2.04. The largest absolute Gasteiger partial charge is 0.477 e. The molecule has 0 aliphatic heterocycles. The Hall–Kier alpha value is -4.66. The Labute approximate surface area is 191 Å². The summed E-state index contributed by atoms with van der Waals surface area (Å²) in [5.74, 6) is -1.26. The van der Waals surface area contributed by atoms with Crippen molar-refractivity contribution in [3.05, 3.63) is 108 Å². The summed E-state index contributed by atoms with van der Waals surface area (Å²) in [6.45, 7) is 4.04. The molecule has 168 valence electrons. The molecule has 0 fully saturated rings. The number of aryl methyl sites for hydroxylation is 2.